The number of benzene rings is 2. The monoisotopic (exact) mass is 328 g/mol. The van der Waals surface area contributed by atoms with Crippen molar-refractivity contribution in [3.63, 3.8) is 0 Å². The third kappa shape index (κ3) is 4.80. The van der Waals surface area contributed by atoms with Gasteiger partial charge in [0.1, 0.15) is 0 Å². The molecule has 0 spiro atoms. The lowest BCUT2D eigenvalue weighted by atomic mass is 10.0. The van der Waals surface area contributed by atoms with E-state index in [-0.39, 0.29) is 31.1 Å². The van der Waals surface area contributed by atoms with E-state index in [0.717, 1.165) is 16.3 Å². The maximum Gasteiger partial charge on any atom is 0.317 e. The number of amides is 1. The van der Waals surface area contributed by atoms with E-state index in [1.54, 1.807) is 4.90 Å². The summed E-state index contributed by atoms with van der Waals surface area (Å²) >= 11 is 0. The number of carboxylic acids is 1. The fourth-order valence-corrected chi connectivity index (χ4v) is 2.63. The molecule has 0 aliphatic rings. The molecule has 128 valence electrons. The summed E-state index contributed by atoms with van der Waals surface area (Å²) in [6.45, 7) is 5.61. The predicted molar refractivity (Wildman–Crippen MR) is 94.9 cm³/mol. The van der Waals surface area contributed by atoms with Crippen molar-refractivity contribution in [2.75, 3.05) is 13.1 Å². The quantitative estimate of drug-likeness (QED) is 0.820. The number of hydrogen-bond acceptors (Lipinski definition) is 3. The van der Waals surface area contributed by atoms with Crippen LogP contribution in [0.3, 0.4) is 0 Å². The molecule has 24 heavy (non-hydrogen) atoms. The number of rotatable bonds is 7. The summed E-state index contributed by atoms with van der Waals surface area (Å²) in [6.07, 6.45) is 0. The minimum atomic E-state index is -0.931. The Labute approximate surface area is 142 Å². The minimum absolute atomic E-state index is 0.0113. The Kier molecular flexibility index (Phi) is 5.93. The maximum atomic E-state index is 12.2. The lowest BCUT2D eigenvalue weighted by molar-refractivity contribution is -0.139. The molecule has 0 saturated carbocycles. The highest BCUT2D eigenvalue weighted by molar-refractivity contribution is 5.83. The number of fused-ring (bicyclic) bond motifs is 1. The average Bonchev–Trinajstić information content (AvgIpc) is 2.53. The van der Waals surface area contributed by atoms with E-state index >= 15 is 0 Å². The van der Waals surface area contributed by atoms with Gasteiger partial charge in [-0.25, -0.2) is 0 Å². The van der Waals surface area contributed by atoms with Gasteiger partial charge in [-0.15, -0.1) is 0 Å². The van der Waals surface area contributed by atoms with Crippen LogP contribution in [0.1, 0.15) is 32.4 Å². The highest BCUT2D eigenvalue weighted by Gasteiger charge is 2.18. The zero-order chi connectivity index (χ0) is 17.7. The van der Waals surface area contributed by atoms with Crippen LogP contribution in [-0.4, -0.2) is 41.0 Å². The van der Waals surface area contributed by atoms with E-state index in [4.69, 9.17) is 5.11 Å². The first-order chi connectivity index (χ1) is 11.4. The van der Waals surface area contributed by atoms with Gasteiger partial charge in [-0.2, -0.15) is 0 Å². The zero-order valence-corrected chi connectivity index (χ0v) is 14.3. The smallest absolute Gasteiger partial charge is 0.317 e. The Balaban J connectivity index is 2.02. The van der Waals surface area contributed by atoms with E-state index in [0.29, 0.717) is 0 Å². The van der Waals surface area contributed by atoms with Crippen LogP contribution >= 0.6 is 0 Å². The first kappa shape index (κ1) is 17.9. The van der Waals surface area contributed by atoms with Crippen molar-refractivity contribution in [3.05, 3.63) is 48.0 Å². The lowest BCUT2D eigenvalue weighted by Crippen LogP contribution is -2.43. The van der Waals surface area contributed by atoms with Gasteiger partial charge < -0.3 is 10.4 Å². The Morgan fingerprint density at radius 3 is 2.33 bits per heavy atom. The molecule has 5 nitrogen and oxygen atoms in total. The van der Waals surface area contributed by atoms with E-state index < -0.39 is 5.97 Å². The molecule has 2 aromatic rings. The Morgan fingerprint density at radius 2 is 1.71 bits per heavy atom. The van der Waals surface area contributed by atoms with Crippen molar-refractivity contribution in [1.82, 2.24) is 10.2 Å². The van der Waals surface area contributed by atoms with Crippen LogP contribution in [0.4, 0.5) is 0 Å². The molecule has 0 aliphatic heterocycles. The van der Waals surface area contributed by atoms with Crippen molar-refractivity contribution in [3.8, 4) is 0 Å². The van der Waals surface area contributed by atoms with Gasteiger partial charge in [-0.3, -0.25) is 14.5 Å². The van der Waals surface area contributed by atoms with Crippen molar-refractivity contribution in [2.45, 2.75) is 32.9 Å². The molecular weight excluding hydrogens is 304 g/mol. The third-order valence-electron chi connectivity index (χ3n) is 4.07. The van der Waals surface area contributed by atoms with E-state index in [1.165, 1.54) is 0 Å². The second kappa shape index (κ2) is 7.93. The van der Waals surface area contributed by atoms with Gasteiger partial charge in [0, 0.05) is 6.04 Å². The molecular formula is C19H24N2O3. The van der Waals surface area contributed by atoms with Crippen molar-refractivity contribution >= 4 is 22.6 Å². The van der Waals surface area contributed by atoms with Gasteiger partial charge in [-0.05, 0) is 43.2 Å². The van der Waals surface area contributed by atoms with Crippen LogP contribution in [0.15, 0.2) is 42.5 Å². The fraction of sp³-hybridized carbons (Fsp3) is 0.368. The van der Waals surface area contributed by atoms with Crippen molar-refractivity contribution < 1.29 is 14.7 Å². The molecule has 0 radical (unpaired) electrons. The molecule has 1 atom stereocenters. The first-order valence-corrected chi connectivity index (χ1v) is 8.10. The van der Waals surface area contributed by atoms with Gasteiger partial charge in [0.25, 0.3) is 0 Å². The molecule has 1 amide bonds. The molecule has 0 bridgehead atoms. The molecule has 0 saturated heterocycles. The van der Waals surface area contributed by atoms with Crippen LogP contribution in [0, 0.1) is 0 Å². The minimum Gasteiger partial charge on any atom is -0.480 e. The van der Waals surface area contributed by atoms with Crippen LogP contribution in [0.5, 0.6) is 0 Å². The number of carbonyl (C=O) groups is 2. The third-order valence-corrected chi connectivity index (χ3v) is 4.07. The fourth-order valence-electron chi connectivity index (χ4n) is 2.63. The standard InChI is InChI=1S/C19H24N2O3/c1-13(2)21(12-19(23)24)11-18(22)20-14(3)16-9-8-15-6-4-5-7-17(15)10-16/h4-10,13-14H,11-12H2,1-3H3,(H,20,22)(H,23,24). The number of nitrogens with zero attached hydrogens (tertiary/aromatic N) is 1. The van der Waals surface area contributed by atoms with Gasteiger partial charge >= 0.3 is 5.97 Å². The van der Waals surface area contributed by atoms with Gasteiger partial charge in [-0.1, -0.05) is 36.4 Å². The van der Waals surface area contributed by atoms with E-state index in [1.807, 2.05) is 51.1 Å². The number of hydrogen-bond donors (Lipinski definition) is 2. The number of carboxylic acid groups (broad SMARTS) is 1. The average molecular weight is 328 g/mol. The summed E-state index contributed by atoms with van der Waals surface area (Å²) in [7, 11) is 0. The molecule has 0 aliphatic carbocycles. The first-order valence-electron chi connectivity index (χ1n) is 8.10. The molecule has 5 heteroatoms. The molecule has 2 rings (SSSR count). The SMILES string of the molecule is CC(NC(=O)CN(CC(=O)O)C(C)C)c1ccc2ccccc2c1. The van der Waals surface area contributed by atoms with Gasteiger partial charge in [0.05, 0.1) is 19.1 Å². The van der Waals surface area contributed by atoms with Gasteiger partial charge in [0.15, 0.2) is 0 Å². The molecule has 1 unspecified atom stereocenters. The zero-order valence-electron chi connectivity index (χ0n) is 14.3. The van der Waals surface area contributed by atoms with Crippen molar-refractivity contribution in [2.24, 2.45) is 0 Å². The molecule has 2 aromatic carbocycles. The van der Waals surface area contributed by atoms with Crippen molar-refractivity contribution in [1.29, 1.82) is 0 Å². The number of nitrogens with one attached hydrogen (secondary N) is 1. The summed E-state index contributed by atoms with van der Waals surface area (Å²) in [5.41, 5.74) is 1.02. The van der Waals surface area contributed by atoms with Gasteiger partial charge in [0.2, 0.25) is 5.91 Å². The second-order valence-corrected chi connectivity index (χ2v) is 6.29. The number of carbonyl (C=O) groups excluding carboxylic acids is 1. The Bertz CT molecular complexity index is 727. The van der Waals surface area contributed by atoms with Crippen LogP contribution in [0.25, 0.3) is 10.8 Å². The summed E-state index contributed by atoms with van der Waals surface area (Å²) in [4.78, 5) is 24.8. The predicted octanol–water partition coefficient (Wildman–Crippen LogP) is 2.81. The normalized spacial score (nSPS) is 12.5. The van der Waals surface area contributed by atoms with E-state index in [9.17, 15) is 9.59 Å². The Hall–Kier alpha value is -2.40. The van der Waals surface area contributed by atoms with Crippen LogP contribution in [0.2, 0.25) is 0 Å². The topological polar surface area (TPSA) is 69.6 Å². The molecule has 0 fully saturated rings. The molecule has 2 N–H and O–H groups in total. The van der Waals surface area contributed by atoms with Crippen LogP contribution in [-0.2, 0) is 9.59 Å². The molecule has 0 aromatic heterocycles. The summed E-state index contributed by atoms with van der Waals surface area (Å²) in [6, 6.07) is 14.0. The maximum absolute atomic E-state index is 12.2. The van der Waals surface area contributed by atoms with E-state index in [2.05, 4.69) is 17.4 Å². The Morgan fingerprint density at radius 1 is 1.04 bits per heavy atom. The summed E-state index contributed by atoms with van der Waals surface area (Å²) in [5, 5.41) is 14.2. The highest BCUT2D eigenvalue weighted by Crippen LogP contribution is 2.20. The lowest BCUT2D eigenvalue weighted by Gasteiger charge is -2.25. The summed E-state index contributed by atoms with van der Waals surface area (Å²) < 4.78 is 0. The highest BCUT2D eigenvalue weighted by atomic mass is 16.4. The second-order valence-electron chi connectivity index (χ2n) is 6.29. The number of aliphatic carboxylic acids is 1. The van der Waals surface area contributed by atoms with Crippen LogP contribution < -0.4 is 5.32 Å². The largest absolute Gasteiger partial charge is 0.480 e. The molecule has 0 heterocycles. The summed E-state index contributed by atoms with van der Waals surface area (Å²) in [5.74, 6) is -1.11.